The SMILES string of the molecule is O=C(CCSc1ccccc1Cl)Nc1ccc(C(=O)NC2CC2)cc1. The summed E-state index contributed by atoms with van der Waals surface area (Å²) in [5.74, 6) is 0.531. The zero-order valence-electron chi connectivity index (χ0n) is 13.6. The molecule has 130 valence electrons. The molecular weight excluding hydrogens is 356 g/mol. The summed E-state index contributed by atoms with van der Waals surface area (Å²) in [7, 11) is 0. The lowest BCUT2D eigenvalue weighted by molar-refractivity contribution is -0.115. The molecule has 0 atom stereocenters. The van der Waals surface area contributed by atoms with E-state index in [1.807, 2.05) is 24.3 Å². The van der Waals surface area contributed by atoms with Crippen LogP contribution in [0, 0.1) is 0 Å². The number of hydrogen-bond acceptors (Lipinski definition) is 3. The van der Waals surface area contributed by atoms with Gasteiger partial charge in [0.05, 0.1) is 5.02 Å². The van der Waals surface area contributed by atoms with Crippen molar-refractivity contribution >= 4 is 40.9 Å². The lowest BCUT2D eigenvalue weighted by atomic mass is 10.2. The molecule has 2 aromatic carbocycles. The van der Waals surface area contributed by atoms with Crippen molar-refractivity contribution in [1.29, 1.82) is 0 Å². The van der Waals surface area contributed by atoms with Gasteiger partial charge in [-0.1, -0.05) is 23.7 Å². The van der Waals surface area contributed by atoms with E-state index in [-0.39, 0.29) is 11.8 Å². The predicted molar refractivity (Wildman–Crippen MR) is 102 cm³/mol. The first-order valence-corrected chi connectivity index (χ1v) is 9.56. The van der Waals surface area contributed by atoms with Gasteiger partial charge in [0, 0.05) is 34.4 Å². The Morgan fingerprint density at radius 1 is 1.08 bits per heavy atom. The number of thioether (sulfide) groups is 1. The average molecular weight is 375 g/mol. The van der Waals surface area contributed by atoms with E-state index in [0.29, 0.717) is 34.5 Å². The maximum Gasteiger partial charge on any atom is 0.251 e. The highest BCUT2D eigenvalue weighted by atomic mass is 35.5. The van der Waals surface area contributed by atoms with Gasteiger partial charge in [-0.15, -0.1) is 11.8 Å². The first-order chi connectivity index (χ1) is 12.1. The molecule has 0 aromatic heterocycles. The minimum Gasteiger partial charge on any atom is -0.349 e. The van der Waals surface area contributed by atoms with Crippen LogP contribution in [0.25, 0.3) is 0 Å². The van der Waals surface area contributed by atoms with Crippen LogP contribution >= 0.6 is 23.4 Å². The minimum atomic E-state index is -0.0604. The molecule has 6 heteroatoms. The number of carbonyl (C=O) groups excluding carboxylic acids is 2. The van der Waals surface area contributed by atoms with E-state index in [9.17, 15) is 9.59 Å². The molecule has 0 radical (unpaired) electrons. The van der Waals surface area contributed by atoms with Crippen LogP contribution in [0.3, 0.4) is 0 Å². The smallest absolute Gasteiger partial charge is 0.251 e. The number of benzene rings is 2. The van der Waals surface area contributed by atoms with E-state index in [4.69, 9.17) is 11.6 Å². The highest BCUT2D eigenvalue weighted by Crippen LogP contribution is 2.27. The first kappa shape index (κ1) is 17.8. The van der Waals surface area contributed by atoms with E-state index in [1.165, 1.54) is 0 Å². The van der Waals surface area contributed by atoms with Gasteiger partial charge in [-0.05, 0) is 49.2 Å². The van der Waals surface area contributed by atoms with Gasteiger partial charge in [0.15, 0.2) is 0 Å². The Balaban J connectivity index is 1.44. The summed E-state index contributed by atoms with van der Waals surface area (Å²) in [4.78, 5) is 24.9. The molecule has 1 aliphatic rings. The normalized spacial score (nSPS) is 13.3. The van der Waals surface area contributed by atoms with Crippen molar-refractivity contribution in [3.63, 3.8) is 0 Å². The molecule has 0 saturated heterocycles. The largest absolute Gasteiger partial charge is 0.349 e. The molecule has 0 aliphatic heterocycles. The quantitative estimate of drug-likeness (QED) is 0.708. The second-order valence-corrected chi connectivity index (χ2v) is 7.45. The van der Waals surface area contributed by atoms with Crippen molar-refractivity contribution < 1.29 is 9.59 Å². The van der Waals surface area contributed by atoms with Crippen molar-refractivity contribution in [2.75, 3.05) is 11.1 Å². The van der Waals surface area contributed by atoms with Gasteiger partial charge in [-0.3, -0.25) is 9.59 Å². The lowest BCUT2D eigenvalue weighted by Gasteiger charge is -2.07. The number of halogens is 1. The van der Waals surface area contributed by atoms with Gasteiger partial charge < -0.3 is 10.6 Å². The van der Waals surface area contributed by atoms with E-state index in [0.717, 1.165) is 17.7 Å². The van der Waals surface area contributed by atoms with Crippen molar-refractivity contribution in [2.24, 2.45) is 0 Å². The molecule has 3 rings (SSSR count). The molecule has 2 N–H and O–H groups in total. The molecule has 1 saturated carbocycles. The van der Waals surface area contributed by atoms with Gasteiger partial charge in [0.25, 0.3) is 5.91 Å². The van der Waals surface area contributed by atoms with E-state index < -0.39 is 0 Å². The number of rotatable bonds is 7. The van der Waals surface area contributed by atoms with Crippen molar-refractivity contribution in [3.8, 4) is 0 Å². The van der Waals surface area contributed by atoms with Crippen LogP contribution in [0.15, 0.2) is 53.4 Å². The van der Waals surface area contributed by atoms with E-state index in [1.54, 1.807) is 36.0 Å². The molecular formula is C19H19ClN2O2S. The van der Waals surface area contributed by atoms with Crippen LogP contribution in [0.1, 0.15) is 29.6 Å². The minimum absolute atomic E-state index is 0.0588. The molecule has 1 aliphatic carbocycles. The van der Waals surface area contributed by atoms with Crippen LogP contribution < -0.4 is 10.6 Å². The topological polar surface area (TPSA) is 58.2 Å². The predicted octanol–water partition coefficient (Wildman–Crippen LogP) is 4.35. The summed E-state index contributed by atoms with van der Waals surface area (Å²) in [6, 6.07) is 14.9. The molecule has 25 heavy (non-hydrogen) atoms. The fourth-order valence-electron chi connectivity index (χ4n) is 2.24. The zero-order valence-corrected chi connectivity index (χ0v) is 15.2. The Morgan fingerprint density at radius 3 is 2.48 bits per heavy atom. The third-order valence-corrected chi connectivity index (χ3v) is 5.28. The monoisotopic (exact) mass is 374 g/mol. The standard InChI is InChI=1S/C19H19ClN2O2S/c20-16-3-1-2-4-17(16)25-12-11-18(23)21-14-7-5-13(6-8-14)19(24)22-15-9-10-15/h1-8,15H,9-12H2,(H,21,23)(H,22,24). The zero-order chi connectivity index (χ0) is 17.6. The van der Waals surface area contributed by atoms with Gasteiger partial charge in [0.1, 0.15) is 0 Å². The maximum atomic E-state index is 12.0. The summed E-state index contributed by atoms with van der Waals surface area (Å²) in [5, 5.41) is 6.49. The van der Waals surface area contributed by atoms with Gasteiger partial charge in [-0.25, -0.2) is 0 Å². The summed E-state index contributed by atoms with van der Waals surface area (Å²) < 4.78 is 0. The molecule has 0 unspecified atom stereocenters. The van der Waals surface area contributed by atoms with Crippen molar-refractivity contribution in [2.45, 2.75) is 30.2 Å². The number of hydrogen-bond donors (Lipinski definition) is 2. The van der Waals surface area contributed by atoms with Crippen molar-refractivity contribution in [1.82, 2.24) is 5.32 Å². The van der Waals surface area contributed by atoms with E-state index >= 15 is 0 Å². The Labute approximate surface area is 156 Å². The fraction of sp³-hybridized carbons (Fsp3) is 0.263. The fourth-order valence-corrected chi connectivity index (χ4v) is 3.43. The Kier molecular flexibility index (Phi) is 6.00. The third kappa shape index (κ3) is 5.51. The van der Waals surface area contributed by atoms with Crippen LogP contribution in [-0.2, 0) is 4.79 Å². The average Bonchev–Trinajstić information content (AvgIpc) is 3.41. The highest BCUT2D eigenvalue weighted by molar-refractivity contribution is 7.99. The van der Waals surface area contributed by atoms with Crippen LogP contribution in [0.4, 0.5) is 5.69 Å². The Morgan fingerprint density at radius 2 is 1.80 bits per heavy atom. The summed E-state index contributed by atoms with van der Waals surface area (Å²) in [5.41, 5.74) is 1.30. The van der Waals surface area contributed by atoms with Gasteiger partial charge >= 0.3 is 0 Å². The maximum absolute atomic E-state index is 12.0. The molecule has 4 nitrogen and oxygen atoms in total. The summed E-state index contributed by atoms with van der Waals surface area (Å²) in [6.07, 6.45) is 2.51. The highest BCUT2D eigenvalue weighted by Gasteiger charge is 2.23. The first-order valence-electron chi connectivity index (χ1n) is 8.20. The van der Waals surface area contributed by atoms with Crippen LogP contribution in [0.2, 0.25) is 5.02 Å². The van der Waals surface area contributed by atoms with Gasteiger partial charge in [-0.2, -0.15) is 0 Å². The molecule has 1 fully saturated rings. The van der Waals surface area contributed by atoms with Crippen LogP contribution in [0.5, 0.6) is 0 Å². The Hall–Kier alpha value is -1.98. The van der Waals surface area contributed by atoms with Crippen molar-refractivity contribution in [3.05, 3.63) is 59.1 Å². The third-order valence-electron chi connectivity index (χ3n) is 3.77. The second kappa shape index (κ2) is 8.41. The molecule has 0 heterocycles. The molecule has 0 bridgehead atoms. The number of carbonyl (C=O) groups is 2. The number of amides is 2. The molecule has 2 aromatic rings. The number of anilines is 1. The second-order valence-electron chi connectivity index (χ2n) is 5.90. The van der Waals surface area contributed by atoms with Crippen LogP contribution in [-0.4, -0.2) is 23.6 Å². The summed E-state index contributed by atoms with van der Waals surface area (Å²) in [6.45, 7) is 0. The van der Waals surface area contributed by atoms with E-state index in [2.05, 4.69) is 10.6 Å². The lowest BCUT2D eigenvalue weighted by Crippen LogP contribution is -2.25. The summed E-state index contributed by atoms with van der Waals surface area (Å²) >= 11 is 7.65. The Bertz CT molecular complexity index is 760. The molecule has 2 amide bonds. The van der Waals surface area contributed by atoms with Gasteiger partial charge in [0.2, 0.25) is 5.91 Å². The number of nitrogens with one attached hydrogen (secondary N) is 2. The molecule has 0 spiro atoms.